The average molecular weight is 644 g/mol. The number of anilines is 1. The number of ether oxygens (including phenoxy) is 1. The Morgan fingerprint density at radius 1 is 1.11 bits per heavy atom. The Balaban J connectivity index is 1.31. The van der Waals surface area contributed by atoms with Gasteiger partial charge in [0.2, 0.25) is 11.8 Å². The van der Waals surface area contributed by atoms with Gasteiger partial charge in [0.1, 0.15) is 28.8 Å². The summed E-state index contributed by atoms with van der Waals surface area (Å²) < 4.78 is 22.1. The summed E-state index contributed by atoms with van der Waals surface area (Å²) in [6.45, 7) is 4.66. The van der Waals surface area contributed by atoms with Crippen LogP contribution in [0.2, 0.25) is 10.3 Å². The number of rotatable bonds is 4. The molecule has 4 N–H and O–H groups in total. The zero-order chi connectivity index (χ0) is 30.9. The van der Waals surface area contributed by atoms with Gasteiger partial charge >= 0.3 is 0 Å². The second kappa shape index (κ2) is 10.7. The minimum absolute atomic E-state index is 0.0326. The van der Waals surface area contributed by atoms with E-state index in [0.29, 0.717) is 42.9 Å². The normalized spacial score (nSPS) is 30.3. The third-order valence-corrected chi connectivity index (χ3v) is 10.6. The molecule has 7 rings (SSSR count). The number of aromatic amines is 1. The number of pyridine rings is 2. The van der Waals surface area contributed by atoms with Crippen molar-refractivity contribution in [1.29, 1.82) is 0 Å². The minimum Gasteiger partial charge on any atom is -0.368 e. The second-order valence-electron chi connectivity index (χ2n) is 13.1. The molecule has 5 atom stereocenters. The van der Waals surface area contributed by atoms with E-state index in [0.717, 1.165) is 12.8 Å². The molecule has 11 nitrogen and oxygen atoms in total. The van der Waals surface area contributed by atoms with Crippen LogP contribution in [0.5, 0.6) is 0 Å². The maximum atomic E-state index is 16.1. The number of hydrogen-bond donors (Lipinski definition) is 4. The molecular formula is C30H33Cl2FN8O3. The first kappa shape index (κ1) is 29.5. The molecule has 1 saturated carbocycles. The van der Waals surface area contributed by atoms with E-state index >= 15 is 4.39 Å². The monoisotopic (exact) mass is 642 g/mol. The SMILES string of the molecule is CC1(C)CCC2(CC1)N[C@@H](C(=O)N[C@@H]1CC[C@@H](c3ncn[nH]3)OC1)[C@H](c1ccnc(Cl)c1F)[C@]21C(=O)Nc2nc(Cl)ccc21. The second-order valence-corrected chi connectivity index (χ2v) is 13.9. The third kappa shape index (κ3) is 4.52. The van der Waals surface area contributed by atoms with Crippen LogP contribution in [0.3, 0.4) is 0 Å². The first-order valence-electron chi connectivity index (χ1n) is 14.9. The fraction of sp³-hybridized carbons (Fsp3) is 0.533. The highest BCUT2D eigenvalue weighted by Gasteiger charge is 2.73. The van der Waals surface area contributed by atoms with Crippen LogP contribution >= 0.6 is 23.2 Å². The molecule has 0 radical (unpaired) electrons. The van der Waals surface area contributed by atoms with E-state index in [-0.39, 0.29) is 51.9 Å². The number of hydrogen-bond acceptors (Lipinski definition) is 8. The smallest absolute Gasteiger partial charge is 0.238 e. The molecule has 6 heterocycles. The quantitative estimate of drug-likeness (QED) is 0.307. The van der Waals surface area contributed by atoms with Gasteiger partial charge in [0.05, 0.1) is 18.7 Å². The Morgan fingerprint density at radius 3 is 2.61 bits per heavy atom. The first-order chi connectivity index (χ1) is 21.0. The van der Waals surface area contributed by atoms with E-state index in [2.05, 4.69) is 54.9 Å². The molecule has 44 heavy (non-hydrogen) atoms. The molecule has 232 valence electrons. The summed E-state index contributed by atoms with van der Waals surface area (Å²) in [6, 6.07) is 3.65. The van der Waals surface area contributed by atoms with Crippen LogP contribution in [-0.2, 0) is 19.7 Å². The van der Waals surface area contributed by atoms with Crippen molar-refractivity contribution in [2.24, 2.45) is 5.41 Å². The number of aromatic nitrogens is 5. The van der Waals surface area contributed by atoms with Crippen molar-refractivity contribution < 1.29 is 18.7 Å². The Hall–Kier alpha value is -3.19. The van der Waals surface area contributed by atoms with Crippen LogP contribution in [0.1, 0.15) is 81.3 Å². The van der Waals surface area contributed by atoms with E-state index < -0.39 is 28.7 Å². The highest BCUT2D eigenvalue weighted by atomic mass is 35.5. The molecular weight excluding hydrogens is 610 g/mol. The van der Waals surface area contributed by atoms with Gasteiger partial charge in [0.25, 0.3) is 0 Å². The molecule has 3 fully saturated rings. The summed E-state index contributed by atoms with van der Waals surface area (Å²) >= 11 is 12.5. The maximum absolute atomic E-state index is 16.1. The van der Waals surface area contributed by atoms with E-state index in [1.54, 1.807) is 12.1 Å². The molecule has 4 aliphatic rings. The summed E-state index contributed by atoms with van der Waals surface area (Å²) in [5, 5.41) is 16.4. The van der Waals surface area contributed by atoms with Gasteiger partial charge in [0, 0.05) is 23.2 Å². The van der Waals surface area contributed by atoms with Crippen LogP contribution in [0.15, 0.2) is 30.7 Å². The highest BCUT2D eigenvalue weighted by Crippen LogP contribution is 2.63. The Bertz CT molecular complexity index is 1600. The largest absolute Gasteiger partial charge is 0.368 e. The molecule has 2 amide bonds. The number of carbonyl (C=O) groups is 2. The van der Waals surface area contributed by atoms with E-state index in [9.17, 15) is 9.59 Å². The minimum atomic E-state index is -1.38. The topological polar surface area (TPSA) is 147 Å². The maximum Gasteiger partial charge on any atom is 0.238 e. The predicted octanol–water partition coefficient (Wildman–Crippen LogP) is 4.36. The van der Waals surface area contributed by atoms with E-state index in [1.165, 1.54) is 18.6 Å². The number of nitrogens with zero attached hydrogens (tertiary/aromatic N) is 4. The molecule has 3 aromatic heterocycles. The lowest BCUT2D eigenvalue weighted by Gasteiger charge is -2.50. The van der Waals surface area contributed by atoms with Crippen LogP contribution in [0.4, 0.5) is 10.2 Å². The van der Waals surface area contributed by atoms with Gasteiger partial charge in [-0.2, -0.15) is 5.10 Å². The molecule has 0 unspecified atom stereocenters. The van der Waals surface area contributed by atoms with Crippen molar-refractivity contribution >= 4 is 40.8 Å². The number of nitrogens with one attached hydrogen (secondary N) is 4. The van der Waals surface area contributed by atoms with Gasteiger partial charge in [-0.05, 0) is 61.6 Å². The summed E-state index contributed by atoms with van der Waals surface area (Å²) in [4.78, 5) is 41.4. The van der Waals surface area contributed by atoms with Crippen molar-refractivity contribution in [3.05, 3.63) is 63.8 Å². The Kier molecular flexibility index (Phi) is 7.19. The van der Waals surface area contributed by atoms with Gasteiger partial charge in [-0.15, -0.1) is 0 Å². The zero-order valence-corrected chi connectivity index (χ0v) is 25.8. The Labute approximate surface area is 263 Å². The van der Waals surface area contributed by atoms with Crippen LogP contribution < -0.4 is 16.0 Å². The van der Waals surface area contributed by atoms with E-state index in [4.69, 9.17) is 27.9 Å². The molecule has 2 spiro atoms. The summed E-state index contributed by atoms with van der Waals surface area (Å²) in [7, 11) is 0. The molecule has 2 saturated heterocycles. The highest BCUT2D eigenvalue weighted by molar-refractivity contribution is 6.30. The summed E-state index contributed by atoms with van der Waals surface area (Å²) in [6.07, 6.45) is 6.63. The van der Waals surface area contributed by atoms with Crippen molar-refractivity contribution in [3.63, 3.8) is 0 Å². The fourth-order valence-electron chi connectivity index (χ4n) is 7.94. The van der Waals surface area contributed by atoms with Gasteiger partial charge in [-0.3, -0.25) is 20.0 Å². The van der Waals surface area contributed by atoms with Crippen molar-refractivity contribution in [3.8, 4) is 0 Å². The molecule has 3 aromatic rings. The van der Waals surface area contributed by atoms with Gasteiger partial charge in [-0.1, -0.05) is 43.1 Å². The molecule has 3 aliphatic heterocycles. The van der Waals surface area contributed by atoms with Crippen molar-refractivity contribution in [1.82, 2.24) is 35.8 Å². The number of amides is 2. The number of halogens is 3. The van der Waals surface area contributed by atoms with Crippen molar-refractivity contribution in [2.45, 2.75) is 87.4 Å². The predicted molar refractivity (Wildman–Crippen MR) is 160 cm³/mol. The lowest BCUT2D eigenvalue weighted by molar-refractivity contribution is -0.126. The first-order valence-corrected chi connectivity index (χ1v) is 15.6. The average Bonchev–Trinajstić information content (AvgIpc) is 3.70. The molecule has 14 heteroatoms. The molecule has 0 bridgehead atoms. The molecule has 0 aromatic carbocycles. The number of H-pyrrole nitrogens is 1. The summed E-state index contributed by atoms with van der Waals surface area (Å²) in [5.74, 6) is -1.47. The summed E-state index contributed by atoms with van der Waals surface area (Å²) in [5.41, 5.74) is -1.51. The van der Waals surface area contributed by atoms with Gasteiger partial charge in [0.15, 0.2) is 16.8 Å². The van der Waals surface area contributed by atoms with Crippen LogP contribution in [-0.4, -0.2) is 61.2 Å². The van der Waals surface area contributed by atoms with Crippen LogP contribution in [0.25, 0.3) is 0 Å². The Morgan fingerprint density at radius 2 is 1.91 bits per heavy atom. The number of fused-ring (bicyclic) bond motifs is 3. The lowest BCUT2D eigenvalue weighted by Crippen LogP contribution is -2.61. The van der Waals surface area contributed by atoms with Crippen molar-refractivity contribution in [2.75, 3.05) is 11.9 Å². The van der Waals surface area contributed by atoms with Gasteiger partial charge < -0.3 is 15.4 Å². The van der Waals surface area contributed by atoms with Crippen LogP contribution in [0, 0.1) is 11.2 Å². The number of carbonyl (C=O) groups excluding carboxylic acids is 2. The lowest BCUT2D eigenvalue weighted by atomic mass is 9.53. The standard InChI is InChI=1S/C30H33Cl2FN8O3/c1-28(2)8-10-29(11-9-28)30(17-4-6-19(31)38-24(17)39-27(30)43)20(16-7-12-34-23(32)21(16)33)22(40-29)26(42)37-15-3-5-18(44-13-15)25-35-14-36-41-25/h4,6-7,12,14-15,18,20,22,40H,3,5,8-11,13H2,1-2H3,(H,37,42)(H,35,36,41)(H,38,39,43)/t15-,18+,20+,22-,30-/m1/s1. The van der Waals surface area contributed by atoms with E-state index in [1.807, 2.05) is 0 Å². The fourth-order valence-corrected chi connectivity index (χ4v) is 8.25. The van der Waals surface area contributed by atoms with Gasteiger partial charge in [-0.25, -0.2) is 19.3 Å². The molecule has 1 aliphatic carbocycles. The third-order valence-electron chi connectivity index (χ3n) is 10.2. The zero-order valence-electron chi connectivity index (χ0n) is 24.3.